The number of nitrogens with zero attached hydrogens (tertiary/aromatic N) is 5. The number of aromatic nitrogens is 4. The molecule has 140 valence electrons. The van der Waals surface area contributed by atoms with E-state index in [0.29, 0.717) is 49.3 Å². The minimum atomic E-state index is -0.584. The molecule has 0 saturated carbocycles. The summed E-state index contributed by atoms with van der Waals surface area (Å²) in [6.45, 7) is 6.16. The van der Waals surface area contributed by atoms with Gasteiger partial charge in [0.05, 0.1) is 36.3 Å². The summed E-state index contributed by atoms with van der Waals surface area (Å²) in [6, 6.07) is -0.584. The van der Waals surface area contributed by atoms with Crippen molar-refractivity contribution in [3.8, 4) is 0 Å². The van der Waals surface area contributed by atoms with Crippen LogP contribution in [0.3, 0.4) is 0 Å². The number of carbonyl (C=O) groups excluding carboxylic acids is 2. The number of nitrogens with one attached hydrogen (secondary N) is 1. The SMILES string of the molecule is CCn1ncc(NC(=O)C(C)n2cc(Cl)cn2)c1C(=O)N1CCOCC1. The van der Waals surface area contributed by atoms with Crippen LogP contribution in [0.4, 0.5) is 5.69 Å². The number of aryl methyl sites for hydroxylation is 1. The van der Waals surface area contributed by atoms with E-state index in [-0.39, 0.29) is 11.8 Å². The Bertz CT molecular complexity index is 796. The van der Waals surface area contributed by atoms with E-state index in [4.69, 9.17) is 16.3 Å². The van der Waals surface area contributed by atoms with Gasteiger partial charge in [0, 0.05) is 25.8 Å². The molecule has 3 heterocycles. The lowest BCUT2D eigenvalue weighted by molar-refractivity contribution is -0.119. The third-order valence-corrected chi connectivity index (χ3v) is 4.44. The van der Waals surface area contributed by atoms with Crippen LogP contribution in [0, 0.1) is 0 Å². The zero-order valence-corrected chi connectivity index (χ0v) is 15.4. The van der Waals surface area contributed by atoms with Gasteiger partial charge in [-0.2, -0.15) is 10.2 Å². The Labute approximate surface area is 155 Å². The highest BCUT2D eigenvalue weighted by molar-refractivity contribution is 6.30. The van der Waals surface area contributed by atoms with Gasteiger partial charge >= 0.3 is 0 Å². The van der Waals surface area contributed by atoms with Crippen molar-refractivity contribution in [2.75, 3.05) is 31.6 Å². The molecule has 2 aromatic rings. The summed E-state index contributed by atoms with van der Waals surface area (Å²) < 4.78 is 8.34. The molecule has 1 unspecified atom stereocenters. The number of hydrogen-bond donors (Lipinski definition) is 1. The normalized spacial score (nSPS) is 15.7. The molecule has 1 saturated heterocycles. The number of halogens is 1. The van der Waals surface area contributed by atoms with Crippen LogP contribution in [0.1, 0.15) is 30.4 Å². The van der Waals surface area contributed by atoms with Crippen LogP contribution in [0.15, 0.2) is 18.6 Å². The number of carbonyl (C=O) groups is 2. The standard InChI is InChI=1S/C16H21ClN6O3/c1-3-22-14(16(25)21-4-6-26-7-5-21)13(9-19-22)20-15(24)11(2)23-10-12(17)8-18-23/h8-11H,3-7H2,1-2H3,(H,20,24). The van der Waals surface area contributed by atoms with Crippen LogP contribution < -0.4 is 5.32 Å². The fourth-order valence-electron chi connectivity index (χ4n) is 2.74. The Kier molecular flexibility index (Phi) is 5.58. The van der Waals surface area contributed by atoms with Crippen LogP contribution >= 0.6 is 11.6 Å². The third kappa shape index (κ3) is 3.73. The first-order chi connectivity index (χ1) is 12.5. The van der Waals surface area contributed by atoms with Crippen molar-refractivity contribution in [3.63, 3.8) is 0 Å². The average Bonchev–Trinajstić information content (AvgIpc) is 3.27. The summed E-state index contributed by atoms with van der Waals surface area (Å²) in [5, 5.41) is 11.5. The van der Waals surface area contributed by atoms with Gasteiger partial charge in [-0.1, -0.05) is 11.6 Å². The predicted octanol–water partition coefficient (Wildman–Crippen LogP) is 1.43. The molecule has 1 aliphatic rings. The summed E-state index contributed by atoms with van der Waals surface area (Å²) in [6.07, 6.45) is 4.53. The highest BCUT2D eigenvalue weighted by Crippen LogP contribution is 2.20. The van der Waals surface area contributed by atoms with Gasteiger partial charge in [0.1, 0.15) is 11.7 Å². The van der Waals surface area contributed by atoms with E-state index >= 15 is 0 Å². The molecule has 1 fully saturated rings. The van der Waals surface area contributed by atoms with Gasteiger partial charge < -0.3 is 15.0 Å². The third-order valence-electron chi connectivity index (χ3n) is 4.24. The van der Waals surface area contributed by atoms with Gasteiger partial charge in [-0.3, -0.25) is 19.0 Å². The van der Waals surface area contributed by atoms with Gasteiger partial charge in [0.25, 0.3) is 5.91 Å². The molecule has 0 radical (unpaired) electrons. The Balaban J connectivity index is 1.80. The van der Waals surface area contributed by atoms with E-state index in [1.54, 1.807) is 22.7 Å². The molecule has 0 spiro atoms. The van der Waals surface area contributed by atoms with Gasteiger partial charge in [-0.25, -0.2) is 0 Å². The van der Waals surface area contributed by atoms with Crippen molar-refractivity contribution in [3.05, 3.63) is 29.3 Å². The minimum Gasteiger partial charge on any atom is -0.378 e. The summed E-state index contributed by atoms with van der Waals surface area (Å²) in [5.74, 6) is -0.478. The van der Waals surface area contributed by atoms with Crippen molar-refractivity contribution in [1.82, 2.24) is 24.5 Å². The first kappa shape index (κ1) is 18.4. The van der Waals surface area contributed by atoms with Crippen LogP contribution in [-0.2, 0) is 16.1 Å². The van der Waals surface area contributed by atoms with Gasteiger partial charge in [-0.15, -0.1) is 0 Å². The molecule has 1 N–H and O–H groups in total. The minimum absolute atomic E-state index is 0.169. The van der Waals surface area contributed by atoms with Crippen molar-refractivity contribution in [2.45, 2.75) is 26.4 Å². The summed E-state index contributed by atoms with van der Waals surface area (Å²) in [7, 11) is 0. The fraction of sp³-hybridized carbons (Fsp3) is 0.500. The molecule has 26 heavy (non-hydrogen) atoms. The van der Waals surface area contributed by atoms with Gasteiger partial charge in [-0.05, 0) is 13.8 Å². The maximum absolute atomic E-state index is 12.9. The average molecular weight is 381 g/mol. The van der Waals surface area contributed by atoms with E-state index in [2.05, 4.69) is 15.5 Å². The number of morpholine rings is 1. The molecular weight excluding hydrogens is 360 g/mol. The largest absolute Gasteiger partial charge is 0.378 e. The molecule has 0 aromatic carbocycles. The van der Waals surface area contributed by atoms with Crippen molar-refractivity contribution in [1.29, 1.82) is 0 Å². The molecule has 10 heteroatoms. The zero-order valence-electron chi connectivity index (χ0n) is 14.7. The Morgan fingerprint density at radius 2 is 2.04 bits per heavy atom. The van der Waals surface area contributed by atoms with E-state index in [1.165, 1.54) is 17.1 Å². The Hall–Kier alpha value is -2.39. The first-order valence-electron chi connectivity index (χ1n) is 8.44. The maximum Gasteiger partial charge on any atom is 0.274 e. The van der Waals surface area contributed by atoms with Crippen LogP contribution in [0.5, 0.6) is 0 Å². The summed E-state index contributed by atoms with van der Waals surface area (Å²) in [4.78, 5) is 27.2. The molecule has 0 bridgehead atoms. The van der Waals surface area contributed by atoms with Crippen LogP contribution in [0.25, 0.3) is 0 Å². The monoisotopic (exact) mass is 380 g/mol. The van der Waals surface area contributed by atoms with Crippen molar-refractivity contribution in [2.24, 2.45) is 0 Å². The number of anilines is 1. The number of rotatable bonds is 5. The zero-order chi connectivity index (χ0) is 18.7. The van der Waals surface area contributed by atoms with Gasteiger partial charge in [0.15, 0.2) is 0 Å². The molecular formula is C16H21ClN6O3. The topological polar surface area (TPSA) is 94.3 Å². The lowest BCUT2D eigenvalue weighted by atomic mass is 10.2. The molecule has 1 atom stereocenters. The summed E-state index contributed by atoms with van der Waals surface area (Å²) in [5.41, 5.74) is 0.756. The lowest BCUT2D eigenvalue weighted by Gasteiger charge is -2.27. The van der Waals surface area contributed by atoms with E-state index < -0.39 is 6.04 Å². The smallest absolute Gasteiger partial charge is 0.274 e. The Morgan fingerprint density at radius 1 is 1.31 bits per heavy atom. The molecule has 1 aliphatic heterocycles. The molecule has 2 amide bonds. The highest BCUT2D eigenvalue weighted by atomic mass is 35.5. The summed E-state index contributed by atoms with van der Waals surface area (Å²) >= 11 is 5.86. The van der Waals surface area contributed by atoms with E-state index in [1.807, 2.05) is 6.92 Å². The van der Waals surface area contributed by atoms with Crippen molar-refractivity contribution < 1.29 is 14.3 Å². The predicted molar refractivity (Wildman–Crippen MR) is 95.2 cm³/mol. The number of ether oxygens (including phenoxy) is 1. The molecule has 2 aromatic heterocycles. The number of hydrogen-bond acceptors (Lipinski definition) is 5. The van der Waals surface area contributed by atoms with Crippen molar-refractivity contribution >= 4 is 29.1 Å². The highest BCUT2D eigenvalue weighted by Gasteiger charge is 2.27. The quantitative estimate of drug-likeness (QED) is 0.846. The fourth-order valence-corrected chi connectivity index (χ4v) is 2.89. The molecule has 3 rings (SSSR count). The Morgan fingerprint density at radius 3 is 2.65 bits per heavy atom. The second-order valence-electron chi connectivity index (χ2n) is 5.93. The maximum atomic E-state index is 12.9. The lowest BCUT2D eigenvalue weighted by Crippen LogP contribution is -2.42. The van der Waals surface area contributed by atoms with Crippen LogP contribution in [0.2, 0.25) is 5.02 Å². The molecule has 9 nitrogen and oxygen atoms in total. The first-order valence-corrected chi connectivity index (χ1v) is 8.82. The second-order valence-corrected chi connectivity index (χ2v) is 6.37. The number of amides is 2. The van der Waals surface area contributed by atoms with Gasteiger partial charge in [0.2, 0.25) is 5.91 Å². The molecule has 0 aliphatic carbocycles. The van der Waals surface area contributed by atoms with Crippen LogP contribution in [-0.4, -0.2) is 62.6 Å². The van der Waals surface area contributed by atoms with E-state index in [0.717, 1.165) is 0 Å². The second kappa shape index (κ2) is 7.88. The van der Waals surface area contributed by atoms with E-state index in [9.17, 15) is 9.59 Å².